The molecular weight excluding hydrogens is 358 g/mol. The first-order valence-corrected chi connectivity index (χ1v) is 9.37. The first-order chi connectivity index (χ1) is 13.6. The van der Waals surface area contributed by atoms with Crippen LogP contribution in [0.25, 0.3) is 0 Å². The van der Waals surface area contributed by atoms with Crippen molar-refractivity contribution in [1.82, 2.24) is 0 Å². The molecule has 0 spiro atoms. The van der Waals surface area contributed by atoms with Gasteiger partial charge in [0.05, 0.1) is 26.3 Å². The van der Waals surface area contributed by atoms with Gasteiger partial charge in [0.1, 0.15) is 11.5 Å². The van der Waals surface area contributed by atoms with Gasteiger partial charge in [-0.2, -0.15) is 0 Å². The molecule has 148 valence electrons. The summed E-state index contributed by atoms with van der Waals surface area (Å²) >= 11 is 0. The second-order valence-corrected chi connectivity index (χ2v) is 6.76. The molecule has 1 aliphatic rings. The van der Waals surface area contributed by atoms with Crippen LogP contribution in [0.4, 0.5) is 5.69 Å². The van der Waals surface area contributed by atoms with Gasteiger partial charge < -0.3 is 19.5 Å². The van der Waals surface area contributed by atoms with Crippen molar-refractivity contribution in [3.63, 3.8) is 0 Å². The van der Waals surface area contributed by atoms with Gasteiger partial charge in [-0.25, -0.2) is 0 Å². The van der Waals surface area contributed by atoms with Crippen molar-refractivity contribution in [1.29, 1.82) is 0 Å². The highest BCUT2D eigenvalue weighted by atomic mass is 16.5. The van der Waals surface area contributed by atoms with E-state index in [4.69, 9.17) is 14.2 Å². The molecule has 2 aromatic carbocycles. The van der Waals surface area contributed by atoms with E-state index in [1.54, 1.807) is 18.2 Å². The Morgan fingerprint density at radius 2 is 1.75 bits per heavy atom. The summed E-state index contributed by atoms with van der Waals surface area (Å²) in [6.45, 7) is -0.357. The number of rotatable bonds is 7. The minimum Gasteiger partial charge on any atom is -0.497 e. The van der Waals surface area contributed by atoms with Crippen molar-refractivity contribution < 1.29 is 23.8 Å². The quantitative estimate of drug-likeness (QED) is 0.743. The predicted molar refractivity (Wildman–Crippen MR) is 106 cm³/mol. The molecule has 0 saturated carbocycles. The average molecular weight is 383 g/mol. The first-order valence-electron chi connectivity index (χ1n) is 9.37. The monoisotopic (exact) mass is 383 g/mol. The van der Waals surface area contributed by atoms with Gasteiger partial charge in [0.25, 0.3) is 5.91 Å². The van der Waals surface area contributed by atoms with E-state index in [1.807, 2.05) is 6.07 Å². The van der Waals surface area contributed by atoms with E-state index in [-0.39, 0.29) is 13.0 Å². The molecule has 3 rings (SSSR count). The lowest BCUT2D eigenvalue weighted by molar-refractivity contribution is -0.146. The highest BCUT2D eigenvalue weighted by Crippen LogP contribution is 2.28. The molecule has 0 saturated heterocycles. The van der Waals surface area contributed by atoms with Gasteiger partial charge in [-0.1, -0.05) is 18.2 Å². The molecular formula is C22H25NO5. The summed E-state index contributed by atoms with van der Waals surface area (Å²) in [6, 6.07) is 11.2. The number of methoxy groups -OCH3 is 2. The second-order valence-electron chi connectivity index (χ2n) is 6.76. The molecule has 1 amide bonds. The van der Waals surface area contributed by atoms with Gasteiger partial charge >= 0.3 is 5.97 Å². The maximum atomic E-state index is 12.1. The smallest absolute Gasteiger partial charge is 0.310 e. The number of amides is 1. The van der Waals surface area contributed by atoms with Gasteiger partial charge in [-0.15, -0.1) is 0 Å². The Morgan fingerprint density at radius 1 is 0.964 bits per heavy atom. The molecule has 1 N–H and O–H groups in total. The minimum atomic E-state index is -0.439. The van der Waals surface area contributed by atoms with E-state index in [2.05, 4.69) is 17.4 Å². The number of carbonyl (C=O) groups is 2. The van der Waals surface area contributed by atoms with Crippen molar-refractivity contribution in [3.05, 3.63) is 53.1 Å². The van der Waals surface area contributed by atoms with Gasteiger partial charge in [-0.05, 0) is 54.5 Å². The maximum Gasteiger partial charge on any atom is 0.310 e. The third-order valence-electron chi connectivity index (χ3n) is 4.81. The van der Waals surface area contributed by atoms with Crippen LogP contribution in [0.1, 0.15) is 29.5 Å². The third-order valence-corrected chi connectivity index (χ3v) is 4.81. The second kappa shape index (κ2) is 9.26. The molecule has 0 aromatic heterocycles. The number of ether oxygens (including phenoxy) is 3. The largest absolute Gasteiger partial charge is 0.497 e. The fourth-order valence-corrected chi connectivity index (χ4v) is 3.36. The third kappa shape index (κ3) is 5.03. The molecule has 0 aliphatic heterocycles. The summed E-state index contributed by atoms with van der Waals surface area (Å²) < 4.78 is 15.5. The molecule has 0 unspecified atom stereocenters. The molecule has 0 atom stereocenters. The van der Waals surface area contributed by atoms with Crippen LogP contribution in [-0.2, 0) is 33.6 Å². The zero-order valence-electron chi connectivity index (χ0n) is 16.2. The number of aryl methyl sites for hydroxylation is 2. The lowest BCUT2D eigenvalue weighted by atomic mass is 9.90. The highest BCUT2D eigenvalue weighted by molar-refractivity contribution is 5.94. The Kier molecular flexibility index (Phi) is 6.53. The zero-order valence-corrected chi connectivity index (χ0v) is 16.2. The Balaban J connectivity index is 1.52. The van der Waals surface area contributed by atoms with Gasteiger partial charge in [0, 0.05) is 6.07 Å². The van der Waals surface area contributed by atoms with Crippen molar-refractivity contribution in [2.75, 3.05) is 26.1 Å². The summed E-state index contributed by atoms with van der Waals surface area (Å²) in [7, 11) is 3.05. The number of benzene rings is 2. The van der Waals surface area contributed by atoms with Crippen LogP contribution in [0, 0.1) is 0 Å². The van der Waals surface area contributed by atoms with Crippen LogP contribution >= 0.6 is 0 Å². The highest BCUT2D eigenvalue weighted by Gasteiger charge is 2.14. The summed E-state index contributed by atoms with van der Waals surface area (Å²) in [5.41, 5.74) is 4.06. The van der Waals surface area contributed by atoms with Crippen molar-refractivity contribution in [2.24, 2.45) is 0 Å². The average Bonchev–Trinajstić information content (AvgIpc) is 2.72. The topological polar surface area (TPSA) is 73.9 Å². The molecule has 0 fully saturated rings. The molecule has 0 bridgehead atoms. The van der Waals surface area contributed by atoms with E-state index in [0.717, 1.165) is 18.4 Å². The van der Waals surface area contributed by atoms with E-state index in [1.165, 1.54) is 38.2 Å². The van der Waals surface area contributed by atoms with Crippen LogP contribution < -0.4 is 14.8 Å². The lowest BCUT2D eigenvalue weighted by Crippen LogP contribution is -2.22. The Hall–Kier alpha value is -3.02. The molecule has 6 heteroatoms. The predicted octanol–water partition coefficient (Wildman–Crippen LogP) is 3.31. The lowest BCUT2D eigenvalue weighted by Gasteiger charge is -2.16. The van der Waals surface area contributed by atoms with Crippen LogP contribution in [0.15, 0.2) is 36.4 Å². The Morgan fingerprint density at radius 3 is 2.50 bits per heavy atom. The van der Waals surface area contributed by atoms with Crippen molar-refractivity contribution >= 4 is 17.6 Å². The standard InChI is InChI=1S/C22H25NO5/c1-26-18-9-10-20(27-2)19(13-18)23-21(24)14-28-22(25)12-15-7-8-16-5-3-4-6-17(16)11-15/h7-11,13H,3-6,12,14H2,1-2H3,(H,23,24). The van der Waals surface area contributed by atoms with Gasteiger partial charge in [0.2, 0.25) is 0 Å². The molecule has 1 aliphatic carbocycles. The first kappa shape index (κ1) is 19.7. The molecule has 28 heavy (non-hydrogen) atoms. The van der Waals surface area contributed by atoms with Crippen molar-refractivity contribution in [2.45, 2.75) is 32.1 Å². The summed E-state index contributed by atoms with van der Waals surface area (Å²) in [5.74, 6) is 0.212. The normalized spacial score (nSPS) is 12.6. The van der Waals surface area contributed by atoms with Gasteiger partial charge in [-0.3, -0.25) is 9.59 Å². The van der Waals surface area contributed by atoms with Crippen LogP contribution in [0.3, 0.4) is 0 Å². The zero-order chi connectivity index (χ0) is 19.9. The number of hydrogen-bond acceptors (Lipinski definition) is 5. The molecule has 2 aromatic rings. The summed E-state index contributed by atoms with van der Waals surface area (Å²) in [5, 5.41) is 2.68. The van der Waals surface area contributed by atoms with Crippen molar-refractivity contribution in [3.8, 4) is 11.5 Å². The fourth-order valence-electron chi connectivity index (χ4n) is 3.36. The fraction of sp³-hybridized carbons (Fsp3) is 0.364. The summed E-state index contributed by atoms with van der Waals surface area (Å²) in [4.78, 5) is 24.3. The number of nitrogens with one attached hydrogen (secondary N) is 1. The van der Waals surface area contributed by atoms with E-state index in [9.17, 15) is 9.59 Å². The van der Waals surface area contributed by atoms with Crippen LogP contribution in [0.5, 0.6) is 11.5 Å². The number of esters is 1. The molecule has 0 radical (unpaired) electrons. The minimum absolute atomic E-state index is 0.156. The number of fused-ring (bicyclic) bond motifs is 1. The van der Waals surface area contributed by atoms with E-state index < -0.39 is 11.9 Å². The number of anilines is 1. The molecule has 0 heterocycles. The number of hydrogen-bond donors (Lipinski definition) is 1. The van der Waals surface area contributed by atoms with E-state index >= 15 is 0 Å². The summed E-state index contributed by atoms with van der Waals surface area (Å²) in [6.07, 6.45) is 4.73. The Labute approximate surface area is 164 Å². The van der Waals surface area contributed by atoms with Crippen LogP contribution in [0.2, 0.25) is 0 Å². The Bertz CT molecular complexity index is 862. The van der Waals surface area contributed by atoms with E-state index in [0.29, 0.717) is 17.2 Å². The van der Waals surface area contributed by atoms with Crippen LogP contribution in [-0.4, -0.2) is 32.7 Å². The molecule has 6 nitrogen and oxygen atoms in total. The maximum absolute atomic E-state index is 12.1. The van der Waals surface area contributed by atoms with Gasteiger partial charge in [0.15, 0.2) is 6.61 Å². The SMILES string of the molecule is COc1ccc(OC)c(NC(=O)COC(=O)Cc2ccc3c(c2)CCCC3)c1. The number of carbonyl (C=O) groups excluding carboxylic acids is 2.